The number of benzene rings is 1. The van der Waals surface area contributed by atoms with Crippen LogP contribution in [0.2, 0.25) is 0 Å². The second-order valence-corrected chi connectivity index (χ2v) is 7.82. The summed E-state index contributed by atoms with van der Waals surface area (Å²) in [6, 6.07) is 7.94. The van der Waals surface area contributed by atoms with Crippen LogP contribution in [0.5, 0.6) is 5.75 Å². The first kappa shape index (κ1) is 16.3. The Morgan fingerprint density at radius 3 is 2.62 bits per heavy atom. The number of nitrogens with zero attached hydrogens (tertiary/aromatic N) is 1. The maximum absolute atomic E-state index is 11.5. The maximum Gasteiger partial charge on any atom is 0.151 e. The molecule has 0 aliphatic carbocycles. The van der Waals surface area contributed by atoms with Crippen LogP contribution in [0.25, 0.3) is 0 Å². The van der Waals surface area contributed by atoms with Gasteiger partial charge in [0.15, 0.2) is 9.84 Å². The standard InChI is InChI=1S/C15H24N2O3S/c1-17(14-7-10-21(18,19)12-14)8-2-9-20-15-5-3-13(11-16)4-6-15/h3-6,14H,2,7-12,16H2,1H3. The molecule has 118 valence electrons. The molecule has 1 atom stereocenters. The SMILES string of the molecule is CN(CCCOc1ccc(CN)cc1)C1CCS(=O)(=O)C1. The van der Waals surface area contributed by atoms with Crippen molar-refractivity contribution in [2.24, 2.45) is 5.73 Å². The molecule has 5 nitrogen and oxygen atoms in total. The molecule has 0 spiro atoms. The van der Waals surface area contributed by atoms with Gasteiger partial charge in [0.2, 0.25) is 0 Å². The molecule has 0 radical (unpaired) electrons. The molecule has 2 N–H and O–H groups in total. The average molecular weight is 312 g/mol. The van der Waals surface area contributed by atoms with Crippen molar-refractivity contribution >= 4 is 9.84 Å². The Labute approximate surface area is 127 Å². The molecule has 1 unspecified atom stereocenters. The molecular formula is C15H24N2O3S. The van der Waals surface area contributed by atoms with E-state index in [0.717, 1.165) is 30.7 Å². The Morgan fingerprint density at radius 2 is 2.05 bits per heavy atom. The number of hydrogen-bond acceptors (Lipinski definition) is 5. The quantitative estimate of drug-likeness (QED) is 0.762. The molecule has 1 saturated heterocycles. The topological polar surface area (TPSA) is 72.6 Å². The van der Waals surface area contributed by atoms with Gasteiger partial charge in [-0.25, -0.2) is 8.42 Å². The fraction of sp³-hybridized carbons (Fsp3) is 0.600. The van der Waals surface area contributed by atoms with Gasteiger partial charge in [-0.05, 0) is 37.6 Å². The van der Waals surface area contributed by atoms with Crippen LogP contribution >= 0.6 is 0 Å². The zero-order chi connectivity index (χ0) is 15.3. The first-order chi connectivity index (χ1) is 10.00. The third-order valence-electron chi connectivity index (χ3n) is 3.91. The maximum atomic E-state index is 11.5. The summed E-state index contributed by atoms with van der Waals surface area (Å²) in [6.45, 7) is 2.02. The minimum absolute atomic E-state index is 0.166. The van der Waals surface area contributed by atoms with Gasteiger partial charge in [-0.15, -0.1) is 0 Å². The van der Waals surface area contributed by atoms with Crippen LogP contribution in [0.1, 0.15) is 18.4 Å². The van der Waals surface area contributed by atoms with E-state index in [4.69, 9.17) is 10.5 Å². The van der Waals surface area contributed by atoms with Crippen LogP contribution in [-0.4, -0.2) is 51.1 Å². The van der Waals surface area contributed by atoms with Crippen LogP contribution in [0.15, 0.2) is 24.3 Å². The van der Waals surface area contributed by atoms with Crippen molar-refractivity contribution in [2.75, 3.05) is 31.7 Å². The molecule has 1 fully saturated rings. The van der Waals surface area contributed by atoms with E-state index in [1.54, 1.807) is 0 Å². The third kappa shape index (κ3) is 4.98. The van der Waals surface area contributed by atoms with Crippen molar-refractivity contribution in [2.45, 2.75) is 25.4 Å². The van der Waals surface area contributed by atoms with Gasteiger partial charge >= 0.3 is 0 Å². The number of ether oxygens (including phenoxy) is 1. The highest BCUT2D eigenvalue weighted by molar-refractivity contribution is 7.91. The fourth-order valence-corrected chi connectivity index (χ4v) is 4.34. The molecule has 0 saturated carbocycles. The van der Waals surface area contributed by atoms with Gasteiger partial charge in [-0.1, -0.05) is 12.1 Å². The van der Waals surface area contributed by atoms with E-state index in [2.05, 4.69) is 4.90 Å². The molecule has 0 bridgehead atoms. The summed E-state index contributed by atoms with van der Waals surface area (Å²) in [5.74, 6) is 1.47. The zero-order valence-electron chi connectivity index (χ0n) is 12.5. The number of rotatable bonds is 7. The average Bonchev–Trinajstić information content (AvgIpc) is 2.84. The molecule has 1 aliphatic rings. The first-order valence-electron chi connectivity index (χ1n) is 7.32. The highest BCUT2D eigenvalue weighted by Crippen LogP contribution is 2.17. The summed E-state index contributed by atoms with van der Waals surface area (Å²) >= 11 is 0. The van der Waals surface area contributed by atoms with Crippen molar-refractivity contribution in [1.29, 1.82) is 0 Å². The largest absolute Gasteiger partial charge is 0.494 e. The lowest BCUT2D eigenvalue weighted by atomic mass is 10.2. The van der Waals surface area contributed by atoms with Crippen molar-refractivity contribution in [3.05, 3.63) is 29.8 Å². The summed E-state index contributed by atoms with van der Waals surface area (Å²) in [5.41, 5.74) is 6.63. The Kier molecular flexibility index (Phi) is 5.61. The number of sulfone groups is 1. The summed E-state index contributed by atoms with van der Waals surface area (Å²) in [4.78, 5) is 2.13. The lowest BCUT2D eigenvalue weighted by molar-refractivity contribution is 0.227. The third-order valence-corrected chi connectivity index (χ3v) is 5.67. The molecule has 0 aromatic heterocycles. The molecular weight excluding hydrogens is 288 g/mol. The molecule has 21 heavy (non-hydrogen) atoms. The van der Waals surface area contributed by atoms with Crippen molar-refractivity contribution in [3.8, 4) is 5.75 Å². The molecule has 1 aliphatic heterocycles. The van der Waals surface area contributed by atoms with Gasteiger partial charge in [-0.3, -0.25) is 0 Å². The minimum atomic E-state index is -2.80. The molecule has 1 aromatic carbocycles. The smallest absolute Gasteiger partial charge is 0.151 e. The normalized spacial score (nSPS) is 20.8. The molecule has 6 heteroatoms. The number of nitrogens with two attached hydrogens (primary N) is 1. The second-order valence-electron chi connectivity index (χ2n) is 5.59. The number of hydrogen-bond donors (Lipinski definition) is 1. The summed E-state index contributed by atoms with van der Waals surface area (Å²) in [7, 11) is -0.816. The van der Waals surface area contributed by atoms with Gasteiger partial charge < -0.3 is 15.4 Å². The monoisotopic (exact) mass is 312 g/mol. The predicted molar refractivity (Wildman–Crippen MR) is 84.1 cm³/mol. The van der Waals surface area contributed by atoms with Crippen LogP contribution in [0.4, 0.5) is 0 Å². The minimum Gasteiger partial charge on any atom is -0.494 e. The predicted octanol–water partition coefficient (Wildman–Crippen LogP) is 1.03. The molecule has 0 amide bonds. The lowest BCUT2D eigenvalue weighted by Crippen LogP contribution is -2.34. The van der Waals surface area contributed by atoms with E-state index in [9.17, 15) is 8.42 Å². The van der Waals surface area contributed by atoms with Gasteiger partial charge in [-0.2, -0.15) is 0 Å². The molecule has 1 heterocycles. The lowest BCUT2D eigenvalue weighted by Gasteiger charge is -2.22. The fourth-order valence-electron chi connectivity index (χ4n) is 2.53. The van der Waals surface area contributed by atoms with Gasteiger partial charge in [0.1, 0.15) is 5.75 Å². The van der Waals surface area contributed by atoms with E-state index in [-0.39, 0.29) is 6.04 Å². The highest BCUT2D eigenvalue weighted by Gasteiger charge is 2.30. The summed E-state index contributed by atoms with van der Waals surface area (Å²) in [5, 5.41) is 0. The first-order valence-corrected chi connectivity index (χ1v) is 9.15. The van der Waals surface area contributed by atoms with E-state index in [1.165, 1.54) is 0 Å². The van der Waals surface area contributed by atoms with Crippen molar-refractivity contribution in [1.82, 2.24) is 4.90 Å². The van der Waals surface area contributed by atoms with Crippen LogP contribution in [-0.2, 0) is 16.4 Å². The highest BCUT2D eigenvalue weighted by atomic mass is 32.2. The van der Waals surface area contributed by atoms with E-state index in [1.807, 2.05) is 31.3 Å². The Balaban J connectivity index is 1.67. The second kappa shape index (κ2) is 7.24. The summed E-state index contributed by atoms with van der Waals surface area (Å²) < 4.78 is 28.6. The Hall–Kier alpha value is -1.11. The van der Waals surface area contributed by atoms with Crippen LogP contribution in [0.3, 0.4) is 0 Å². The van der Waals surface area contributed by atoms with Crippen LogP contribution in [0, 0.1) is 0 Å². The Bertz CT molecular complexity index is 543. The van der Waals surface area contributed by atoms with E-state index in [0.29, 0.717) is 24.7 Å². The van der Waals surface area contributed by atoms with Gasteiger partial charge in [0.25, 0.3) is 0 Å². The zero-order valence-corrected chi connectivity index (χ0v) is 13.3. The summed E-state index contributed by atoms with van der Waals surface area (Å²) in [6.07, 6.45) is 1.63. The Morgan fingerprint density at radius 1 is 1.33 bits per heavy atom. The van der Waals surface area contributed by atoms with Crippen molar-refractivity contribution in [3.63, 3.8) is 0 Å². The van der Waals surface area contributed by atoms with Gasteiger partial charge in [0, 0.05) is 19.1 Å². The van der Waals surface area contributed by atoms with Crippen molar-refractivity contribution < 1.29 is 13.2 Å². The molecule has 2 rings (SSSR count). The van der Waals surface area contributed by atoms with E-state index < -0.39 is 9.84 Å². The van der Waals surface area contributed by atoms with Crippen LogP contribution < -0.4 is 10.5 Å². The van der Waals surface area contributed by atoms with E-state index >= 15 is 0 Å². The molecule has 1 aromatic rings. The van der Waals surface area contributed by atoms with Gasteiger partial charge in [0.05, 0.1) is 18.1 Å².